The summed E-state index contributed by atoms with van der Waals surface area (Å²) >= 11 is 0. The Morgan fingerprint density at radius 2 is 1.23 bits per heavy atom. The van der Waals surface area contributed by atoms with E-state index in [4.69, 9.17) is 21.7 Å². The third-order valence-electron chi connectivity index (χ3n) is 1.24. The summed E-state index contributed by atoms with van der Waals surface area (Å²) in [6.45, 7) is 0. The number of aromatic hydroxyl groups is 2. The molecule has 0 atom stereocenters. The first-order chi connectivity index (χ1) is 6.04. The molecule has 1 rings (SSSR count). The van der Waals surface area contributed by atoms with Gasteiger partial charge in [-0.2, -0.15) is 0 Å². The lowest BCUT2D eigenvalue weighted by molar-refractivity contribution is 0.277. The van der Waals surface area contributed by atoms with Gasteiger partial charge in [0.1, 0.15) is 22.9 Å². The van der Waals surface area contributed by atoms with Crippen LogP contribution in [0.2, 0.25) is 0 Å². The maximum Gasteiger partial charge on any atom is 0.140 e. The third kappa shape index (κ3) is 3.08. The van der Waals surface area contributed by atoms with E-state index < -0.39 is 0 Å². The van der Waals surface area contributed by atoms with Crippen LogP contribution < -0.4 is 11.5 Å². The first-order valence-corrected chi connectivity index (χ1v) is 3.50. The summed E-state index contributed by atoms with van der Waals surface area (Å²) in [6, 6.07) is 2.56. The van der Waals surface area contributed by atoms with Crippen molar-refractivity contribution in [2.75, 3.05) is 25.7 Å². The predicted molar refractivity (Wildman–Crippen MR) is 51.5 cm³/mol. The number of ether oxygens (including phenoxy) is 1. The Labute approximate surface area is 76.5 Å². The molecule has 0 amide bonds. The molecule has 0 fully saturated rings. The number of hydrogen-bond acceptors (Lipinski definition) is 5. The molecule has 0 heterocycles. The molecule has 13 heavy (non-hydrogen) atoms. The molecule has 6 N–H and O–H groups in total. The average Bonchev–Trinajstić information content (AvgIpc) is 2.10. The van der Waals surface area contributed by atoms with E-state index in [0.29, 0.717) is 0 Å². The number of nitrogen functional groups attached to an aromatic ring is 2. The van der Waals surface area contributed by atoms with Crippen LogP contribution in [0.1, 0.15) is 0 Å². The van der Waals surface area contributed by atoms with Crippen molar-refractivity contribution >= 4 is 11.4 Å². The van der Waals surface area contributed by atoms with Crippen LogP contribution in [-0.2, 0) is 4.74 Å². The highest BCUT2D eigenvalue weighted by atomic mass is 16.4. The Hall–Kier alpha value is -1.62. The van der Waals surface area contributed by atoms with Gasteiger partial charge in [-0.3, -0.25) is 0 Å². The molecule has 5 heteroatoms. The molecular formula is C8H14N2O3. The van der Waals surface area contributed by atoms with Crippen LogP contribution in [-0.4, -0.2) is 24.4 Å². The Morgan fingerprint density at radius 3 is 1.46 bits per heavy atom. The van der Waals surface area contributed by atoms with E-state index in [0.717, 1.165) is 0 Å². The van der Waals surface area contributed by atoms with Crippen molar-refractivity contribution in [1.82, 2.24) is 0 Å². The summed E-state index contributed by atoms with van der Waals surface area (Å²) in [7, 11) is 3.25. The SMILES string of the molecule is COC.Nc1c(O)ccc(O)c1N. The normalized spacial score (nSPS) is 8.77. The molecule has 0 aliphatic heterocycles. The standard InChI is InChI=1S/C6H8N2O2.C2H6O/c7-5-3(9)1-2-4(10)6(5)8;1-3-2/h1-2,9-10H,7-8H2;1-2H3. The van der Waals surface area contributed by atoms with Crippen molar-refractivity contribution in [3.05, 3.63) is 12.1 Å². The van der Waals surface area contributed by atoms with Crippen LogP contribution in [0.3, 0.4) is 0 Å². The molecule has 1 aromatic rings. The highest BCUT2D eigenvalue weighted by Gasteiger charge is 2.04. The molecule has 0 saturated heterocycles. The predicted octanol–water partition coefficient (Wildman–Crippen LogP) is 0.525. The van der Waals surface area contributed by atoms with E-state index in [-0.39, 0.29) is 22.9 Å². The number of nitrogens with two attached hydrogens (primary N) is 2. The molecule has 0 radical (unpaired) electrons. The van der Waals surface area contributed by atoms with Crippen molar-refractivity contribution in [2.24, 2.45) is 0 Å². The van der Waals surface area contributed by atoms with Gasteiger partial charge in [0, 0.05) is 14.2 Å². The lowest BCUT2D eigenvalue weighted by Crippen LogP contribution is -1.94. The maximum atomic E-state index is 8.91. The fourth-order valence-electron chi connectivity index (χ4n) is 0.613. The summed E-state index contributed by atoms with van der Waals surface area (Å²) in [5, 5.41) is 17.8. The van der Waals surface area contributed by atoms with Crippen LogP contribution in [0.25, 0.3) is 0 Å². The Balaban J connectivity index is 0.000000424. The monoisotopic (exact) mass is 186 g/mol. The molecule has 1 aromatic carbocycles. The molecular weight excluding hydrogens is 172 g/mol. The van der Waals surface area contributed by atoms with E-state index in [1.807, 2.05) is 0 Å². The summed E-state index contributed by atoms with van der Waals surface area (Å²) in [4.78, 5) is 0. The number of hydrogen-bond donors (Lipinski definition) is 4. The molecule has 0 unspecified atom stereocenters. The Morgan fingerprint density at radius 1 is 1.00 bits per heavy atom. The summed E-state index contributed by atoms with van der Waals surface area (Å²) < 4.78 is 4.25. The molecule has 0 saturated carbocycles. The number of anilines is 2. The molecule has 5 nitrogen and oxygen atoms in total. The van der Waals surface area contributed by atoms with Crippen LogP contribution in [0.15, 0.2) is 12.1 Å². The van der Waals surface area contributed by atoms with Crippen molar-refractivity contribution in [2.45, 2.75) is 0 Å². The van der Waals surface area contributed by atoms with E-state index in [1.54, 1.807) is 14.2 Å². The summed E-state index contributed by atoms with van der Waals surface area (Å²) in [6.07, 6.45) is 0. The van der Waals surface area contributed by atoms with Crippen LogP contribution in [0, 0.1) is 0 Å². The van der Waals surface area contributed by atoms with Gasteiger partial charge in [-0.1, -0.05) is 0 Å². The second kappa shape index (κ2) is 5.10. The zero-order chi connectivity index (χ0) is 10.4. The summed E-state index contributed by atoms with van der Waals surface area (Å²) in [5.41, 5.74) is 10.5. The number of phenolic OH excluding ortho intramolecular Hbond substituents is 2. The molecule has 0 aliphatic rings. The minimum absolute atomic E-state index is 0.0139. The minimum Gasteiger partial charge on any atom is -0.506 e. The van der Waals surface area contributed by atoms with Gasteiger partial charge in [0.15, 0.2) is 0 Å². The van der Waals surface area contributed by atoms with Gasteiger partial charge < -0.3 is 26.4 Å². The van der Waals surface area contributed by atoms with Crippen LogP contribution in [0.4, 0.5) is 11.4 Å². The van der Waals surface area contributed by atoms with E-state index in [1.165, 1.54) is 12.1 Å². The summed E-state index contributed by atoms with van der Waals surface area (Å²) in [5.74, 6) is -0.231. The topological polar surface area (TPSA) is 102 Å². The van der Waals surface area contributed by atoms with Gasteiger partial charge in [-0.05, 0) is 12.1 Å². The highest BCUT2D eigenvalue weighted by Crippen LogP contribution is 2.32. The van der Waals surface area contributed by atoms with E-state index in [2.05, 4.69) is 4.74 Å². The third-order valence-corrected chi connectivity index (χ3v) is 1.24. The molecule has 74 valence electrons. The van der Waals surface area contributed by atoms with Crippen molar-refractivity contribution in [3.8, 4) is 11.5 Å². The van der Waals surface area contributed by atoms with Crippen LogP contribution >= 0.6 is 0 Å². The molecule has 0 aromatic heterocycles. The fourth-order valence-corrected chi connectivity index (χ4v) is 0.613. The number of phenols is 2. The number of rotatable bonds is 0. The van der Waals surface area contributed by atoms with Crippen molar-refractivity contribution in [1.29, 1.82) is 0 Å². The van der Waals surface area contributed by atoms with Gasteiger partial charge in [-0.25, -0.2) is 0 Å². The minimum atomic E-state index is -0.115. The van der Waals surface area contributed by atoms with Gasteiger partial charge in [0.2, 0.25) is 0 Å². The van der Waals surface area contributed by atoms with Crippen molar-refractivity contribution < 1.29 is 14.9 Å². The van der Waals surface area contributed by atoms with Crippen LogP contribution in [0.5, 0.6) is 11.5 Å². The smallest absolute Gasteiger partial charge is 0.140 e. The first kappa shape index (κ1) is 11.4. The molecule has 0 aliphatic carbocycles. The highest BCUT2D eigenvalue weighted by molar-refractivity contribution is 5.75. The van der Waals surface area contributed by atoms with Gasteiger partial charge in [-0.15, -0.1) is 0 Å². The largest absolute Gasteiger partial charge is 0.506 e. The van der Waals surface area contributed by atoms with Gasteiger partial charge >= 0.3 is 0 Å². The second-order valence-electron chi connectivity index (χ2n) is 2.34. The average molecular weight is 186 g/mol. The van der Waals surface area contributed by atoms with E-state index in [9.17, 15) is 0 Å². The Bertz CT molecular complexity index is 249. The zero-order valence-electron chi connectivity index (χ0n) is 7.61. The lowest BCUT2D eigenvalue weighted by atomic mass is 10.2. The van der Waals surface area contributed by atoms with E-state index >= 15 is 0 Å². The quantitative estimate of drug-likeness (QED) is 0.269. The Kier molecular flexibility index (Phi) is 4.47. The molecule has 0 bridgehead atoms. The maximum absolute atomic E-state index is 8.91. The fraction of sp³-hybridized carbons (Fsp3) is 0.250. The zero-order valence-corrected chi connectivity index (χ0v) is 7.61. The van der Waals surface area contributed by atoms with Gasteiger partial charge in [0.25, 0.3) is 0 Å². The van der Waals surface area contributed by atoms with Crippen molar-refractivity contribution in [3.63, 3.8) is 0 Å². The lowest BCUT2D eigenvalue weighted by Gasteiger charge is -2.03. The second-order valence-corrected chi connectivity index (χ2v) is 2.34. The van der Waals surface area contributed by atoms with Gasteiger partial charge in [0.05, 0.1) is 0 Å². The number of benzene rings is 1. The first-order valence-electron chi connectivity index (χ1n) is 3.50. The molecule has 0 spiro atoms. The number of methoxy groups -OCH3 is 1.